The lowest BCUT2D eigenvalue weighted by molar-refractivity contribution is -0.687. The molecule has 0 fully saturated rings. The van der Waals surface area contributed by atoms with E-state index in [0.29, 0.717) is 0 Å². The largest absolute Gasteiger partial charge is 0.361 e. The van der Waals surface area contributed by atoms with E-state index in [1.165, 1.54) is 22.0 Å². The zero-order chi connectivity index (χ0) is 11.7. The lowest BCUT2D eigenvalue weighted by atomic mass is 10.2. The molecule has 0 spiro atoms. The van der Waals surface area contributed by atoms with E-state index in [1.54, 1.807) is 0 Å². The number of hydrogen-bond acceptors (Lipinski definition) is 0. The van der Waals surface area contributed by atoms with Crippen molar-refractivity contribution in [3.63, 3.8) is 0 Å². The zero-order valence-electron chi connectivity index (χ0n) is 9.85. The fourth-order valence-electron chi connectivity index (χ4n) is 2.13. The highest BCUT2D eigenvalue weighted by Crippen LogP contribution is 2.14. The summed E-state index contributed by atoms with van der Waals surface area (Å²) in [6, 6.07) is 12.6. The fourth-order valence-corrected chi connectivity index (χ4v) is 2.13. The number of nitrogens with zero attached hydrogens (tertiary/aromatic N) is 1. The molecule has 84 valence electrons. The van der Waals surface area contributed by atoms with Crippen LogP contribution < -0.4 is 4.57 Å². The SMILES string of the molecule is Cc1c[nH]c2cc[n+](Cc3ccccc3)cc12. The number of pyridine rings is 1. The van der Waals surface area contributed by atoms with Gasteiger partial charge in [0.15, 0.2) is 18.9 Å². The summed E-state index contributed by atoms with van der Waals surface area (Å²) in [5.41, 5.74) is 3.82. The standard InChI is InChI=1S/C15H14N2/c1-12-9-16-15-7-8-17(11-14(12)15)10-13-5-3-2-4-6-13/h2-9,11H,10H2,1H3/p+1. The van der Waals surface area contributed by atoms with Crippen LogP contribution in [0, 0.1) is 6.92 Å². The molecule has 0 unspecified atom stereocenters. The Balaban J connectivity index is 1.98. The van der Waals surface area contributed by atoms with E-state index >= 15 is 0 Å². The first kappa shape index (κ1) is 10.1. The number of nitrogens with one attached hydrogen (secondary N) is 1. The molecule has 2 nitrogen and oxygen atoms in total. The predicted molar refractivity (Wildman–Crippen MR) is 68.8 cm³/mol. The van der Waals surface area contributed by atoms with Crippen LogP contribution in [0.3, 0.4) is 0 Å². The van der Waals surface area contributed by atoms with Crippen molar-refractivity contribution in [2.45, 2.75) is 13.5 Å². The molecule has 1 aromatic carbocycles. The van der Waals surface area contributed by atoms with Crippen LogP contribution in [0.4, 0.5) is 0 Å². The Hall–Kier alpha value is -2.09. The van der Waals surface area contributed by atoms with Gasteiger partial charge in [0.05, 0.1) is 10.9 Å². The topological polar surface area (TPSA) is 19.7 Å². The van der Waals surface area contributed by atoms with Crippen LogP contribution in [-0.2, 0) is 6.54 Å². The Bertz CT molecular complexity index is 638. The average Bonchev–Trinajstić information content (AvgIpc) is 2.73. The number of benzene rings is 1. The molecular formula is C15H15N2+. The molecule has 0 bridgehead atoms. The summed E-state index contributed by atoms with van der Waals surface area (Å²) >= 11 is 0. The van der Waals surface area contributed by atoms with Crippen molar-refractivity contribution in [2.24, 2.45) is 0 Å². The maximum Gasteiger partial charge on any atom is 0.178 e. The summed E-state index contributed by atoms with van der Waals surface area (Å²) in [6.07, 6.45) is 6.37. The molecule has 1 N–H and O–H groups in total. The normalized spacial score (nSPS) is 10.9. The average molecular weight is 223 g/mol. The Morgan fingerprint density at radius 3 is 2.76 bits per heavy atom. The van der Waals surface area contributed by atoms with Crippen LogP contribution in [0.5, 0.6) is 0 Å². The molecule has 0 aliphatic carbocycles. The van der Waals surface area contributed by atoms with Gasteiger partial charge in [-0.2, -0.15) is 0 Å². The second kappa shape index (κ2) is 4.06. The fraction of sp³-hybridized carbons (Fsp3) is 0.133. The molecular weight excluding hydrogens is 208 g/mol. The molecule has 0 amide bonds. The van der Waals surface area contributed by atoms with Crippen molar-refractivity contribution in [3.8, 4) is 0 Å². The molecule has 0 aliphatic heterocycles. The maximum atomic E-state index is 3.27. The van der Waals surface area contributed by atoms with Crippen molar-refractivity contribution >= 4 is 10.9 Å². The molecule has 2 aromatic heterocycles. The lowest BCUT2D eigenvalue weighted by Gasteiger charge is -1.98. The first-order valence-electron chi connectivity index (χ1n) is 5.83. The smallest absolute Gasteiger partial charge is 0.178 e. The van der Waals surface area contributed by atoms with Gasteiger partial charge in [-0.05, 0) is 12.5 Å². The van der Waals surface area contributed by atoms with Gasteiger partial charge in [-0.1, -0.05) is 30.3 Å². The molecule has 0 radical (unpaired) electrons. The minimum atomic E-state index is 0.918. The molecule has 2 heteroatoms. The Morgan fingerprint density at radius 2 is 1.94 bits per heavy atom. The Kier molecular flexibility index (Phi) is 2.41. The second-order valence-electron chi connectivity index (χ2n) is 4.40. The molecule has 0 aliphatic rings. The lowest BCUT2D eigenvalue weighted by Crippen LogP contribution is -2.33. The van der Waals surface area contributed by atoms with Crippen LogP contribution in [0.25, 0.3) is 10.9 Å². The van der Waals surface area contributed by atoms with Crippen LogP contribution in [0.15, 0.2) is 55.0 Å². The van der Waals surface area contributed by atoms with Gasteiger partial charge >= 0.3 is 0 Å². The van der Waals surface area contributed by atoms with Gasteiger partial charge in [-0.25, -0.2) is 4.57 Å². The number of hydrogen-bond donors (Lipinski definition) is 1. The summed E-state index contributed by atoms with van der Waals surface area (Å²) in [4.78, 5) is 3.27. The summed E-state index contributed by atoms with van der Waals surface area (Å²) in [5.74, 6) is 0. The van der Waals surface area contributed by atoms with E-state index in [-0.39, 0.29) is 0 Å². The molecule has 3 rings (SSSR count). The van der Waals surface area contributed by atoms with Gasteiger partial charge in [-0.15, -0.1) is 0 Å². The van der Waals surface area contributed by atoms with Crippen LogP contribution >= 0.6 is 0 Å². The number of fused-ring (bicyclic) bond motifs is 1. The Morgan fingerprint density at radius 1 is 1.12 bits per heavy atom. The third kappa shape index (κ3) is 1.94. The van der Waals surface area contributed by atoms with E-state index in [9.17, 15) is 0 Å². The van der Waals surface area contributed by atoms with Gasteiger partial charge in [0, 0.05) is 17.8 Å². The quantitative estimate of drug-likeness (QED) is 0.645. The van der Waals surface area contributed by atoms with E-state index in [2.05, 4.69) is 65.4 Å². The third-order valence-electron chi connectivity index (χ3n) is 3.09. The second-order valence-corrected chi connectivity index (χ2v) is 4.40. The van der Waals surface area contributed by atoms with Crippen molar-refractivity contribution < 1.29 is 4.57 Å². The van der Waals surface area contributed by atoms with E-state index in [1.807, 2.05) is 6.07 Å². The Labute approximate surface area is 101 Å². The number of rotatable bonds is 2. The van der Waals surface area contributed by atoms with Gasteiger partial charge in [0.25, 0.3) is 0 Å². The highest BCUT2D eigenvalue weighted by Gasteiger charge is 2.07. The van der Waals surface area contributed by atoms with Crippen molar-refractivity contribution in [2.75, 3.05) is 0 Å². The molecule has 0 atom stereocenters. The number of aryl methyl sites for hydroxylation is 1. The third-order valence-corrected chi connectivity index (χ3v) is 3.09. The van der Waals surface area contributed by atoms with Crippen LogP contribution in [0.1, 0.15) is 11.1 Å². The zero-order valence-corrected chi connectivity index (χ0v) is 9.85. The van der Waals surface area contributed by atoms with Crippen LogP contribution in [-0.4, -0.2) is 4.98 Å². The number of H-pyrrole nitrogens is 1. The van der Waals surface area contributed by atoms with Crippen molar-refractivity contribution in [1.29, 1.82) is 0 Å². The van der Waals surface area contributed by atoms with E-state index < -0.39 is 0 Å². The monoisotopic (exact) mass is 223 g/mol. The summed E-state index contributed by atoms with van der Waals surface area (Å²) in [5, 5.41) is 1.29. The summed E-state index contributed by atoms with van der Waals surface area (Å²) < 4.78 is 2.22. The van der Waals surface area contributed by atoms with Crippen molar-refractivity contribution in [3.05, 3.63) is 66.1 Å². The summed E-state index contributed by atoms with van der Waals surface area (Å²) in [6.45, 7) is 3.05. The van der Waals surface area contributed by atoms with Crippen LogP contribution in [0.2, 0.25) is 0 Å². The minimum Gasteiger partial charge on any atom is -0.361 e. The highest BCUT2D eigenvalue weighted by molar-refractivity contribution is 5.80. The molecule has 17 heavy (non-hydrogen) atoms. The van der Waals surface area contributed by atoms with E-state index in [4.69, 9.17) is 0 Å². The molecule has 0 saturated heterocycles. The van der Waals surface area contributed by atoms with Gasteiger partial charge in [0.1, 0.15) is 0 Å². The minimum absolute atomic E-state index is 0.918. The predicted octanol–water partition coefficient (Wildman–Crippen LogP) is 2.81. The van der Waals surface area contributed by atoms with Crippen molar-refractivity contribution in [1.82, 2.24) is 4.98 Å². The van der Waals surface area contributed by atoms with Gasteiger partial charge in [0.2, 0.25) is 0 Å². The molecule has 2 heterocycles. The summed E-state index contributed by atoms with van der Waals surface area (Å²) in [7, 11) is 0. The highest BCUT2D eigenvalue weighted by atomic mass is 14.9. The molecule has 3 aromatic rings. The number of aromatic amines is 1. The van der Waals surface area contributed by atoms with Gasteiger partial charge < -0.3 is 4.98 Å². The molecule has 0 saturated carbocycles. The van der Waals surface area contributed by atoms with Gasteiger partial charge in [-0.3, -0.25) is 0 Å². The first-order valence-corrected chi connectivity index (χ1v) is 5.83. The van der Waals surface area contributed by atoms with E-state index in [0.717, 1.165) is 6.54 Å². The number of aromatic nitrogens is 2. The first-order chi connectivity index (χ1) is 8.33. The maximum absolute atomic E-state index is 3.27.